The fourth-order valence-electron chi connectivity index (χ4n) is 2.53. The van der Waals surface area contributed by atoms with E-state index in [9.17, 15) is 4.79 Å². The van der Waals surface area contributed by atoms with Crippen molar-refractivity contribution in [3.63, 3.8) is 0 Å². The number of aliphatic carboxylic acids is 1. The molecular weight excluding hydrogens is 282 g/mol. The standard InChI is InChI=1S/C17H27NO4/c1-5-21-14-7-8-15(22-6-2)13(10-14)9-12(3)11-17(4,18)16(19)20/h7-8,10,12H,5-6,9,11,18H2,1-4H3,(H,19,20). The van der Waals surface area contributed by atoms with E-state index in [4.69, 9.17) is 20.3 Å². The molecule has 2 unspecified atom stereocenters. The van der Waals surface area contributed by atoms with E-state index in [1.165, 1.54) is 0 Å². The molecule has 0 bridgehead atoms. The topological polar surface area (TPSA) is 81.8 Å². The highest BCUT2D eigenvalue weighted by Crippen LogP contribution is 2.29. The van der Waals surface area contributed by atoms with Gasteiger partial charge in [-0.25, -0.2) is 0 Å². The van der Waals surface area contributed by atoms with Crippen LogP contribution in [-0.2, 0) is 11.2 Å². The number of hydrogen-bond acceptors (Lipinski definition) is 4. The van der Waals surface area contributed by atoms with E-state index in [1.807, 2.05) is 39.0 Å². The first-order valence-corrected chi connectivity index (χ1v) is 7.71. The molecule has 0 aliphatic carbocycles. The number of carboxylic acid groups (broad SMARTS) is 1. The summed E-state index contributed by atoms with van der Waals surface area (Å²) in [4.78, 5) is 11.1. The summed E-state index contributed by atoms with van der Waals surface area (Å²) in [6, 6.07) is 5.74. The molecule has 0 aliphatic rings. The lowest BCUT2D eigenvalue weighted by atomic mass is 9.87. The van der Waals surface area contributed by atoms with Crippen LogP contribution >= 0.6 is 0 Å². The molecule has 0 amide bonds. The van der Waals surface area contributed by atoms with Crippen molar-refractivity contribution < 1.29 is 19.4 Å². The van der Waals surface area contributed by atoms with Crippen LogP contribution in [0.15, 0.2) is 18.2 Å². The first kappa shape index (κ1) is 18.3. The molecule has 22 heavy (non-hydrogen) atoms. The Bertz CT molecular complexity index is 499. The lowest BCUT2D eigenvalue weighted by Crippen LogP contribution is -2.46. The molecule has 0 aromatic heterocycles. The number of carbonyl (C=O) groups is 1. The third kappa shape index (κ3) is 5.22. The molecule has 1 aromatic rings. The van der Waals surface area contributed by atoms with Crippen LogP contribution < -0.4 is 15.2 Å². The second kappa shape index (κ2) is 8.03. The highest BCUT2D eigenvalue weighted by atomic mass is 16.5. The second-order valence-electron chi connectivity index (χ2n) is 5.87. The Balaban J connectivity index is 2.89. The lowest BCUT2D eigenvalue weighted by Gasteiger charge is -2.24. The third-order valence-electron chi connectivity index (χ3n) is 3.47. The smallest absolute Gasteiger partial charge is 0.323 e. The molecule has 0 spiro atoms. The van der Waals surface area contributed by atoms with Gasteiger partial charge in [-0.2, -0.15) is 0 Å². The molecule has 3 N–H and O–H groups in total. The van der Waals surface area contributed by atoms with Crippen molar-refractivity contribution in [2.45, 2.75) is 46.1 Å². The molecule has 0 heterocycles. The van der Waals surface area contributed by atoms with Gasteiger partial charge >= 0.3 is 5.97 Å². The van der Waals surface area contributed by atoms with Crippen LogP contribution in [0.25, 0.3) is 0 Å². The van der Waals surface area contributed by atoms with Crippen molar-refractivity contribution in [2.24, 2.45) is 11.7 Å². The minimum absolute atomic E-state index is 0.113. The quantitative estimate of drug-likeness (QED) is 0.733. The Morgan fingerprint density at radius 1 is 1.32 bits per heavy atom. The van der Waals surface area contributed by atoms with E-state index in [1.54, 1.807) is 6.92 Å². The van der Waals surface area contributed by atoms with Crippen molar-refractivity contribution in [3.05, 3.63) is 23.8 Å². The summed E-state index contributed by atoms with van der Waals surface area (Å²) in [6.45, 7) is 8.60. The van der Waals surface area contributed by atoms with E-state index in [-0.39, 0.29) is 5.92 Å². The summed E-state index contributed by atoms with van der Waals surface area (Å²) in [5.41, 5.74) is 5.63. The van der Waals surface area contributed by atoms with Crippen LogP contribution in [-0.4, -0.2) is 29.8 Å². The van der Waals surface area contributed by atoms with E-state index in [0.717, 1.165) is 17.1 Å². The number of ether oxygens (including phenoxy) is 2. The summed E-state index contributed by atoms with van der Waals surface area (Å²) >= 11 is 0. The average molecular weight is 309 g/mol. The normalized spacial score (nSPS) is 15.0. The van der Waals surface area contributed by atoms with E-state index in [0.29, 0.717) is 26.1 Å². The molecule has 0 radical (unpaired) electrons. The van der Waals surface area contributed by atoms with Gasteiger partial charge in [0.2, 0.25) is 0 Å². The van der Waals surface area contributed by atoms with Crippen molar-refractivity contribution in [3.8, 4) is 11.5 Å². The maximum atomic E-state index is 11.1. The zero-order valence-electron chi connectivity index (χ0n) is 13.9. The van der Waals surface area contributed by atoms with Gasteiger partial charge < -0.3 is 20.3 Å². The van der Waals surface area contributed by atoms with Crippen LogP contribution in [0.5, 0.6) is 11.5 Å². The van der Waals surface area contributed by atoms with Crippen molar-refractivity contribution in [1.29, 1.82) is 0 Å². The van der Waals surface area contributed by atoms with E-state index in [2.05, 4.69) is 0 Å². The molecule has 0 fully saturated rings. The van der Waals surface area contributed by atoms with E-state index < -0.39 is 11.5 Å². The van der Waals surface area contributed by atoms with Crippen molar-refractivity contribution in [1.82, 2.24) is 0 Å². The minimum atomic E-state index is -1.22. The van der Waals surface area contributed by atoms with Gasteiger partial charge in [-0.1, -0.05) is 6.92 Å². The molecule has 0 aliphatic heterocycles. The van der Waals surface area contributed by atoms with Gasteiger partial charge in [-0.3, -0.25) is 4.79 Å². The summed E-state index contributed by atoms with van der Waals surface area (Å²) in [6.07, 6.45) is 1.09. The Kier molecular flexibility index (Phi) is 6.68. The first-order chi connectivity index (χ1) is 10.3. The van der Waals surface area contributed by atoms with Crippen molar-refractivity contribution in [2.75, 3.05) is 13.2 Å². The van der Waals surface area contributed by atoms with Gasteiger partial charge in [0.25, 0.3) is 0 Å². The zero-order valence-corrected chi connectivity index (χ0v) is 13.9. The monoisotopic (exact) mass is 309 g/mol. The second-order valence-corrected chi connectivity index (χ2v) is 5.87. The highest BCUT2D eigenvalue weighted by Gasteiger charge is 2.30. The maximum Gasteiger partial charge on any atom is 0.323 e. The van der Waals surface area contributed by atoms with Gasteiger partial charge in [0, 0.05) is 0 Å². The number of nitrogens with two attached hydrogens (primary N) is 1. The van der Waals surface area contributed by atoms with Gasteiger partial charge in [0.05, 0.1) is 13.2 Å². The SMILES string of the molecule is CCOc1ccc(OCC)c(CC(C)CC(C)(N)C(=O)O)c1. The minimum Gasteiger partial charge on any atom is -0.494 e. The van der Waals surface area contributed by atoms with Gasteiger partial charge in [-0.15, -0.1) is 0 Å². The van der Waals surface area contributed by atoms with Crippen LogP contribution in [0.3, 0.4) is 0 Å². The molecule has 5 nitrogen and oxygen atoms in total. The summed E-state index contributed by atoms with van der Waals surface area (Å²) < 4.78 is 11.2. The molecule has 0 saturated heterocycles. The predicted octanol–water partition coefficient (Wildman–Crippen LogP) is 2.85. The number of hydrogen-bond donors (Lipinski definition) is 2. The molecule has 2 atom stereocenters. The lowest BCUT2D eigenvalue weighted by molar-refractivity contribution is -0.143. The zero-order chi connectivity index (χ0) is 16.8. The Morgan fingerprint density at radius 3 is 2.50 bits per heavy atom. The van der Waals surface area contributed by atoms with Gasteiger partial charge in [0.15, 0.2) is 0 Å². The molecule has 1 rings (SSSR count). The molecule has 1 aromatic carbocycles. The fourth-order valence-corrected chi connectivity index (χ4v) is 2.53. The average Bonchev–Trinajstić information content (AvgIpc) is 2.41. The van der Waals surface area contributed by atoms with Crippen LogP contribution in [0.4, 0.5) is 0 Å². The third-order valence-corrected chi connectivity index (χ3v) is 3.47. The predicted molar refractivity (Wildman–Crippen MR) is 86.5 cm³/mol. The summed E-state index contributed by atoms with van der Waals surface area (Å²) in [5.74, 6) is 0.739. The fraction of sp³-hybridized carbons (Fsp3) is 0.588. The van der Waals surface area contributed by atoms with Gasteiger partial charge in [0.1, 0.15) is 17.0 Å². The van der Waals surface area contributed by atoms with Crippen LogP contribution in [0.1, 0.15) is 39.7 Å². The van der Waals surface area contributed by atoms with Gasteiger partial charge in [-0.05, 0) is 63.3 Å². The van der Waals surface area contributed by atoms with Crippen LogP contribution in [0.2, 0.25) is 0 Å². The summed E-state index contributed by atoms with van der Waals surface area (Å²) in [5, 5.41) is 9.14. The van der Waals surface area contributed by atoms with Crippen molar-refractivity contribution >= 4 is 5.97 Å². The number of benzene rings is 1. The van der Waals surface area contributed by atoms with Crippen LogP contribution in [0, 0.1) is 5.92 Å². The number of rotatable bonds is 9. The Labute approximate surface area is 132 Å². The Morgan fingerprint density at radius 2 is 1.95 bits per heavy atom. The summed E-state index contributed by atoms with van der Waals surface area (Å²) in [7, 11) is 0. The molecule has 0 saturated carbocycles. The van der Waals surface area contributed by atoms with E-state index >= 15 is 0 Å². The highest BCUT2D eigenvalue weighted by molar-refractivity contribution is 5.77. The molecule has 124 valence electrons. The maximum absolute atomic E-state index is 11.1. The molecular formula is C17H27NO4. The Hall–Kier alpha value is -1.75. The first-order valence-electron chi connectivity index (χ1n) is 7.71. The largest absolute Gasteiger partial charge is 0.494 e. The molecule has 5 heteroatoms. The number of carboxylic acids is 1.